The topological polar surface area (TPSA) is 67.7 Å². The summed E-state index contributed by atoms with van der Waals surface area (Å²) in [5.41, 5.74) is 0.583. The van der Waals surface area contributed by atoms with Gasteiger partial charge < -0.3 is 14.5 Å². The van der Waals surface area contributed by atoms with E-state index in [4.69, 9.17) is 4.74 Å². The van der Waals surface area contributed by atoms with Crippen LogP contribution in [0.2, 0.25) is 0 Å². The van der Waals surface area contributed by atoms with Crippen molar-refractivity contribution in [1.29, 1.82) is 0 Å². The van der Waals surface area contributed by atoms with Crippen molar-refractivity contribution in [3.05, 3.63) is 48.0 Å². The zero-order chi connectivity index (χ0) is 19.7. The monoisotopic (exact) mass is 386 g/mol. The van der Waals surface area contributed by atoms with Crippen LogP contribution in [0.5, 0.6) is 0 Å². The molecule has 2 saturated heterocycles. The molecule has 1 spiro atoms. The molecule has 0 aliphatic carbocycles. The van der Waals surface area contributed by atoms with Gasteiger partial charge in [-0.25, -0.2) is 4.39 Å². The van der Waals surface area contributed by atoms with Gasteiger partial charge in [0.25, 0.3) is 11.8 Å². The Morgan fingerprint density at radius 1 is 1.29 bits per heavy atom. The first kappa shape index (κ1) is 18.6. The molecule has 4 rings (SSSR count). The summed E-state index contributed by atoms with van der Waals surface area (Å²) >= 11 is 0. The first-order chi connectivity index (χ1) is 13.5. The lowest BCUT2D eigenvalue weighted by atomic mass is 9.90. The SMILES string of the molecule is CCn1cc(C(=O)N2CCCC3(C2)CN(c2ccc(F)cc2)C(=O)CO3)cn1. The fourth-order valence-corrected chi connectivity index (χ4v) is 3.92. The van der Waals surface area contributed by atoms with Crippen LogP contribution in [0.1, 0.15) is 30.1 Å². The molecule has 2 aliphatic rings. The maximum atomic E-state index is 13.2. The molecule has 2 aromatic rings. The standard InChI is InChI=1S/C20H23FN4O3/c1-2-24-11-15(10-22-24)19(27)23-9-3-8-20(13-23)14-25(18(26)12-28-20)17-6-4-16(21)5-7-17/h4-7,10-11H,2-3,8-9,12-14H2,1H3. The predicted molar refractivity (Wildman–Crippen MR) is 100 cm³/mol. The number of nitrogens with zero attached hydrogens (tertiary/aromatic N) is 4. The van der Waals surface area contributed by atoms with Crippen LogP contribution in [0, 0.1) is 5.82 Å². The van der Waals surface area contributed by atoms with Gasteiger partial charge in [0.05, 0.1) is 24.8 Å². The van der Waals surface area contributed by atoms with Crippen LogP contribution in [0.3, 0.4) is 0 Å². The number of morpholine rings is 1. The Hall–Kier alpha value is -2.74. The average Bonchev–Trinajstić information content (AvgIpc) is 3.20. The molecule has 0 bridgehead atoms. The van der Waals surface area contributed by atoms with Crippen molar-refractivity contribution in [3.63, 3.8) is 0 Å². The minimum Gasteiger partial charge on any atom is -0.361 e. The fraction of sp³-hybridized carbons (Fsp3) is 0.450. The molecule has 148 valence electrons. The number of rotatable bonds is 3. The number of halogens is 1. The molecule has 2 amide bonds. The molecular weight excluding hydrogens is 363 g/mol. The molecule has 0 radical (unpaired) electrons. The van der Waals surface area contributed by atoms with Crippen molar-refractivity contribution in [2.75, 3.05) is 31.1 Å². The second-order valence-corrected chi connectivity index (χ2v) is 7.34. The molecule has 1 aromatic heterocycles. The number of likely N-dealkylation sites (tertiary alicyclic amines) is 1. The Balaban J connectivity index is 1.52. The number of hydrogen-bond acceptors (Lipinski definition) is 4. The molecular formula is C20H23FN4O3. The lowest BCUT2D eigenvalue weighted by Gasteiger charge is -2.47. The molecule has 1 atom stereocenters. The highest BCUT2D eigenvalue weighted by molar-refractivity contribution is 5.96. The van der Waals surface area contributed by atoms with Crippen molar-refractivity contribution in [3.8, 4) is 0 Å². The Kier molecular flexibility index (Phi) is 4.89. The molecule has 28 heavy (non-hydrogen) atoms. The Morgan fingerprint density at radius 2 is 2.07 bits per heavy atom. The molecule has 1 aromatic carbocycles. The number of hydrogen-bond donors (Lipinski definition) is 0. The summed E-state index contributed by atoms with van der Waals surface area (Å²) in [5, 5.41) is 4.18. The molecule has 8 heteroatoms. The van der Waals surface area contributed by atoms with E-state index in [9.17, 15) is 14.0 Å². The highest BCUT2D eigenvalue weighted by Gasteiger charge is 2.44. The fourth-order valence-electron chi connectivity index (χ4n) is 3.92. The largest absolute Gasteiger partial charge is 0.361 e. The van der Waals surface area contributed by atoms with Crippen LogP contribution in [0.4, 0.5) is 10.1 Å². The number of carbonyl (C=O) groups is 2. The maximum absolute atomic E-state index is 13.2. The number of piperidine rings is 1. The van der Waals surface area contributed by atoms with Crippen molar-refractivity contribution in [2.45, 2.75) is 31.9 Å². The highest BCUT2D eigenvalue weighted by Crippen LogP contribution is 2.32. The number of aryl methyl sites for hydroxylation is 1. The van der Waals surface area contributed by atoms with Gasteiger partial charge in [-0.2, -0.15) is 5.10 Å². The zero-order valence-corrected chi connectivity index (χ0v) is 15.8. The second kappa shape index (κ2) is 7.35. The number of benzene rings is 1. The lowest BCUT2D eigenvalue weighted by molar-refractivity contribution is -0.144. The van der Waals surface area contributed by atoms with Gasteiger partial charge in [-0.1, -0.05) is 0 Å². The zero-order valence-electron chi connectivity index (χ0n) is 15.8. The van der Waals surface area contributed by atoms with Gasteiger partial charge in [0.15, 0.2) is 0 Å². The van der Waals surface area contributed by atoms with Gasteiger partial charge in [-0.15, -0.1) is 0 Å². The minimum atomic E-state index is -0.614. The van der Waals surface area contributed by atoms with Gasteiger partial charge >= 0.3 is 0 Å². The molecule has 2 aliphatic heterocycles. The third-order valence-corrected chi connectivity index (χ3v) is 5.42. The van der Waals surface area contributed by atoms with E-state index in [0.717, 1.165) is 12.8 Å². The van der Waals surface area contributed by atoms with Gasteiger partial charge in [-0.3, -0.25) is 14.3 Å². The van der Waals surface area contributed by atoms with Gasteiger partial charge in [-0.05, 0) is 44.0 Å². The van der Waals surface area contributed by atoms with E-state index >= 15 is 0 Å². The first-order valence-electron chi connectivity index (χ1n) is 9.51. The smallest absolute Gasteiger partial charge is 0.257 e. The Labute approximate surface area is 162 Å². The summed E-state index contributed by atoms with van der Waals surface area (Å²) < 4.78 is 20.9. The quantitative estimate of drug-likeness (QED) is 0.810. The van der Waals surface area contributed by atoms with Crippen molar-refractivity contribution in [1.82, 2.24) is 14.7 Å². The van der Waals surface area contributed by atoms with E-state index in [2.05, 4.69) is 5.10 Å². The third-order valence-electron chi connectivity index (χ3n) is 5.42. The van der Waals surface area contributed by atoms with Crippen molar-refractivity contribution >= 4 is 17.5 Å². The lowest BCUT2D eigenvalue weighted by Crippen LogP contribution is -2.62. The summed E-state index contributed by atoms with van der Waals surface area (Å²) in [4.78, 5) is 28.7. The summed E-state index contributed by atoms with van der Waals surface area (Å²) in [5.74, 6) is -0.584. The van der Waals surface area contributed by atoms with Crippen LogP contribution in [0.25, 0.3) is 0 Å². The summed E-state index contributed by atoms with van der Waals surface area (Å²) in [6.07, 6.45) is 4.89. The van der Waals surface area contributed by atoms with Crippen LogP contribution in [0.15, 0.2) is 36.7 Å². The average molecular weight is 386 g/mol. The second-order valence-electron chi connectivity index (χ2n) is 7.34. The van der Waals surface area contributed by atoms with E-state index in [1.165, 1.54) is 12.1 Å². The molecule has 2 fully saturated rings. The Bertz CT molecular complexity index is 882. The molecule has 1 unspecified atom stereocenters. The van der Waals surface area contributed by atoms with Gasteiger partial charge in [0.2, 0.25) is 0 Å². The number of aromatic nitrogens is 2. The minimum absolute atomic E-state index is 0.0484. The van der Waals surface area contributed by atoms with E-state index < -0.39 is 5.60 Å². The number of ether oxygens (including phenoxy) is 1. The molecule has 0 N–H and O–H groups in total. The third kappa shape index (κ3) is 3.52. The maximum Gasteiger partial charge on any atom is 0.257 e. The van der Waals surface area contributed by atoms with E-state index in [0.29, 0.717) is 37.4 Å². The van der Waals surface area contributed by atoms with E-state index in [-0.39, 0.29) is 24.2 Å². The summed E-state index contributed by atoms with van der Waals surface area (Å²) in [6.45, 7) is 4.02. The number of anilines is 1. The number of amides is 2. The first-order valence-corrected chi connectivity index (χ1v) is 9.51. The molecule has 0 saturated carbocycles. The van der Waals surface area contributed by atoms with E-state index in [1.54, 1.807) is 39.0 Å². The van der Waals surface area contributed by atoms with Crippen LogP contribution < -0.4 is 4.90 Å². The van der Waals surface area contributed by atoms with Crippen LogP contribution in [-0.4, -0.2) is 58.3 Å². The van der Waals surface area contributed by atoms with Crippen LogP contribution in [-0.2, 0) is 16.1 Å². The van der Waals surface area contributed by atoms with Gasteiger partial charge in [0.1, 0.15) is 18.0 Å². The van der Waals surface area contributed by atoms with Crippen molar-refractivity contribution in [2.24, 2.45) is 0 Å². The Morgan fingerprint density at radius 3 is 2.79 bits per heavy atom. The summed E-state index contributed by atoms with van der Waals surface area (Å²) in [6, 6.07) is 5.87. The summed E-state index contributed by atoms with van der Waals surface area (Å²) in [7, 11) is 0. The van der Waals surface area contributed by atoms with Crippen LogP contribution >= 0.6 is 0 Å². The molecule has 3 heterocycles. The van der Waals surface area contributed by atoms with E-state index in [1.807, 2.05) is 6.92 Å². The normalized spacial score (nSPS) is 22.7. The van der Waals surface area contributed by atoms with Gasteiger partial charge in [0, 0.05) is 25.0 Å². The van der Waals surface area contributed by atoms with Crippen molar-refractivity contribution < 1.29 is 18.7 Å². The highest BCUT2D eigenvalue weighted by atomic mass is 19.1. The predicted octanol–water partition coefficient (Wildman–Crippen LogP) is 2.08. The molecule has 7 nitrogen and oxygen atoms in total. The number of carbonyl (C=O) groups excluding carboxylic acids is 2.